The molecular weight excluding hydrogens is 909 g/mol. The first-order valence-corrected chi connectivity index (χ1v) is 25.3. The highest BCUT2D eigenvalue weighted by molar-refractivity contribution is 5.85. The molecule has 8 fully saturated rings. The summed E-state index contributed by atoms with van der Waals surface area (Å²) in [6, 6.07) is 0. The number of hydrogen-bond acceptors (Lipinski definition) is 20. The van der Waals surface area contributed by atoms with Gasteiger partial charge in [-0.1, -0.05) is 13.8 Å². The van der Waals surface area contributed by atoms with Crippen LogP contribution < -0.4 is 0 Å². The lowest BCUT2D eigenvalue weighted by Gasteiger charge is -2.63. The van der Waals surface area contributed by atoms with E-state index in [-0.39, 0.29) is 55.2 Å². The fourth-order valence-corrected chi connectivity index (χ4v) is 14.7. The van der Waals surface area contributed by atoms with Crippen molar-refractivity contribution >= 4 is 11.9 Å². The van der Waals surface area contributed by atoms with Gasteiger partial charge in [-0.05, 0) is 94.5 Å². The number of fused-ring (bicyclic) bond motifs is 5. The van der Waals surface area contributed by atoms with Crippen LogP contribution in [0.15, 0.2) is 11.6 Å². The van der Waals surface area contributed by atoms with Crippen molar-refractivity contribution in [3.05, 3.63) is 11.6 Å². The van der Waals surface area contributed by atoms with Crippen LogP contribution in [0.2, 0.25) is 0 Å². The monoisotopic (exact) mass is 984 g/mol. The summed E-state index contributed by atoms with van der Waals surface area (Å²) in [5, 5.41) is 87.5. The van der Waals surface area contributed by atoms with Crippen LogP contribution in [0.3, 0.4) is 0 Å². The topological polar surface area (TPSA) is 288 Å². The Hall–Kier alpha value is -1.96. The molecule has 20 heteroatoms. The summed E-state index contributed by atoms with van der Waals surface area (Å²) in [5.41, 5.74) is -0.809. The normalized spacial score (nSPS) is 53.3. The molecular formula is C49H76O20. The largest absolute Gasteiger partial charge is 0.459 e. The van der Waals surface area contributed by atoms with Gasteiger partial charge in [0.05, 0.1) is 54.9 Å². The van der Waals surface area contributed by atoms with Crippen molar-refractivity contribution in [2.45, 2.75) is 234 Å². The second kappa shape index (κ2) is 20.0. The van der Waals surface area contributed by atoms with Gasteiger partial charge in [0.15, 0.2) is 25.2 Å². The van der Waals surface area contributed by atoms with Gasteiger partial charge in [-0.25, -0.2) is 4.79 Å². The van der Waals surface area contributed by atoms with E-state index in [0.717, 1.165) is 50.5 Å². The Morgan fingerprint density at radius 1 is 0.710 bits per heavy atom. The minimum absolute atomic E-state index is 0.000687. The first-order chi connectivity index (χ1) is 32.6. The van der Waals surface area contributed by atoms with E-state index < -0.39 is 134 Å². The summed E-state index contributed by atoms with van der Waals surface area (Å²) < 4.78 is 60.1. The average Bonchev–Trinajstić information content (AvgIpc) is 3.79. The van der Waals surface area contributed by atoms with Gasteiger partial charge < -0.3 is 88.2 Å². The Morgan fingerprint density at radius 3 is 1.93 bits per heavy atom. The molecule has 5 aliphatic heterocycles. The number of rotatable bonds is 11. The molecule has 0 amide bonds. The van der Waals surface area contributed by atoms with Crippen LogP contribution in [-0.2, 0) is 57.0 Å². The maximum Gasteiger partial charge on any atom is 0.331 e. The summed E-state index contributed by atoms with van der Waals surface area (Å²) >= 11 is 0. The predicted molar refractivity (Wildman–Crippen MR) is 235 cm³/mol. The molecule has 4 aliphatic carbocycles. The van der Waals surface area contributed by atoms with Crippen LogP contribution in [-0.4, -0.2) is 188 Å². The molecule has 392 valence electrons. The third-order valence-corrected chi connectivity index (χ3v) is 18.2. The lowest BCUT2D eigenvalue weighted by Crippen LogP contribution is -2.62. The summed E-state index contributed by atoms with van der Waals surface area (Å²) in [7, 11) is 0. The summed E-state index contributed by atoms with van der Waals surface area (Å²) in [6.45, 7) is 10.4. The van der Waals surface area contributed by atoms with E-state index in [9.17, 15) is 50.4 Å². The zero-order valence-corrected chi connectivity index (χ0v) is 40.5. The van der Waals surface area contributed by atoms with E-state index in [0.29, 0.717) is 18.3 Å². The first kappa shape index (κ1) is 51.9. The van der Waals surface area contributed by atoms with Gasteiger partial charge in [0, 0.05) is 50.0 Å². The van der Waals surface area contributed by atoms with Crippen LogP contribution in [0.25, 0.3) is 0 Å². The molecule has 4 saturated carbocycles. The zero-order chi connectivity index (χ0) is 49.5. The fourth-order valence-electron chi connectivity index (χ4n) is 14.7. The van der Waals surface area contributed by atoms with Gasteiger partial charge in [-0.3, -0.25) is 4.79 Å². The van der Waals surface area contributed by atoms with Crippen LogP contribution in [0, 0.1) is 34.5 Å². The van der Waals surface area contributed by atoms with E-state index in [4.69, 9.17) is 47.4 Å². The number of esters is 2. The summed E-state index contributed by atoms with van der Waals surface area (Å²) in [4.78, 5) is 24.2. The molecule has 0 unspecified atom stereocenters. The molecule has 9 aliphatic rings. The molecule has 0 spiro atoms. The van der Waals surface area contributed by atoms with Gasteiger partial charge in [-0.2, -0.15) is 0 Å². The molecule has 20 nitrogen and oxygen atoms in total. The van der Waals surface area contributed by atoms with Gasteiger partial charge in [-0.15, -0.1) is 0 Å². The van der Waals surface area contributed by atoms with Gasteiger partial charge in [0.1, 0.15) is 55.4 Å². The highest BCUT2D eigenvalue weighted by Crippen LogP contribution is 2.70. The predicted octanol–water partition coefficient (Wildman–Crippen LogP) is 0.613. The SMILES string of the molecule is CC(=O)O[C@H]1C[C@@H](O[C@@H]2[C@@H](O)C[C@@H](O[C@@H]3[C@@H](O)C[C@@H](O[C@H]4CC[C@]5(C)[C@@H](CC[C@H]6[C@H]5CC[C@]5(C)[C@H](C7=CC(=O)OC7)[C@@H](O)C[C@]65O)C4)O[C@@H]3C)O[C@@H]2C)O[C@H](C)[C@@H]1O[C@H]1O[C@@H](CO)[C@H](O)[C@@H](O)[C@@H]1O. The standard InChI is InChI=1S/C49H76O20/c1-21-43(67-37-16-31(53)44(22(2)62-37)68-38-17-33(64-24(4)51)45(23(3)63-38)69-46-42(58)41(57)40(56)34(19-50)66-46)30(52)15-36(61-21)65-27-9-11-47(5)26(14-27)7-8-29-28(47)10-12-48(6)39(25-13-35(55)60-20-25)32(54)18-49(29,48)59/h13,21-23,26-34,36-46,50,52-54,56-59H,7-12,14-20H2,1-6H3/t21-,22-,23-,26+,27+,28-,29+,30+,31+,32+,33+,34+,36-,37-,38-,39-,40+,41-,42+,43+,44+,45+,46-,47-,48-,49+/m1/s1. The number of carbonyl (C=O) groups is 2. The minimum atomic E-state index is -1.68. The lowest BCUT2D eigenvalue weighted by atomic mass is 9.43. The van der Waals surface area contributed by atoms with E-state index in [1.54, 1.807) is 13.8 Å². The van der Waals surface area contributed by atoms with E-state index in [1.165, 1.54) is 13.0 Å². The maximum absolute atomic E-state index is 12.6. The number of aliphatic hydroxyl groups is 8. The highest BCUT2D eigenvalue weighted by atomic mass is 16.8. The van der Waals surface area contributed by atoms with Crippen molar-refractivity contribution in [1.29, 1.82) is 0 Å². The Bertz CT molecular complexity index is 1850. The molecule has 0 aromatic carbocycles. The number of carbonyl (C=O) groups excluding carboxylic acids is 2. The van der Waals surface area contributed by atoms with Gasteiger partial charge >= 0.3 is 11.9 Å². The third kappa shape index (κ3) is 9.59. The average molecular weight is 985 g/mol. The molecule has 5 heterocycles. The van der Waals surface area contributed by atoms with Gasteiger partial charge in [0.2, 0.25) is 0 Å². The molecule has 8 N–H and O–H groups in total. The van der Waals surface area contributed by atoms with Crippen molar-refractivity contribution in [1.82, 2.24) is 0 Å². The molecule has 9 rings (SSSR count). The molecule has 4 saturated heterocycles. The second-order valence-electron chi connectivity index (χ2n) is 22.3. The van der Waals surface area contributed by atoms with Crippen molar-refractivity contribution < 1.29 is 97.8 Å². The van der Waals surface area contributed by atoms with Crippen molar-refractivity contribution in [3.63, 3.8) is 0 Å². The van der Waals surface area contributed by atoms with Crippen molar-refractivity contribution in [2.24, 2.45) is 34.5 Å². The molecule has 0 aromatic heterocycles. The second-order valence-corrected chi connectivity index (χ2v) is 22.3. The van der Waals surface area contributed by atoms with Crippen molar-refractivity contribution in [3.8, 4) is 0 Å². The first-order valence-electron chi connectivity index (χ1n) is 25.3. The molecule has 69 heavy (non-hydrogen) atoms. The number of ether oxygens (including phenoxy) is 10. The highest BCUT2D eigenvalue weighted by Gasteiger charge is 2.70. The smallest absolute Gasteiger partial charge is 0.331 e. The Kier molecular flexibility index (Phi) is 15.1. The van der Waals surface area contributed by atoms with Crippen LogP contribution in [0.4, 0.5) is 0 Å². The molecule has 26 atom stereocenters. The number of cyclic esters (lactones) is 1. The van der Waals surface area contributed by atoms with E-state index in [2.05, 4.69) is 13.8 Å². The van der Waals surface area contributed by atoms with Crippen LogP contribution in [0.1, 0.15) is 112 Å². The molecule has 0 aromatic rings. The van der Waals surface area contributed by atoms with E-state index >= 15 is 0 Å². The summed E-state index contributed by atoms with van der Waals surface area (Å²) in [5.74, 6) is -0.609. The molecule has 0 bridgehead atoms. The minimum Gasteiger partial charge on any atom is -0.459 e. The Labute approximate surface area is 402 Å². The van der Waals surface area contributed by atoms with E-state index in [1.807, 2.05) is 6.92 Å². The van der Waals surface area contributed by atoms with Crippen LogP contribution >= 0.6 is 0 Å². The third-order valence-electron chi connectivity index (χ3n) is 18.2. The fraction of sp³-hybridized carbons (Fsp3) is 0.918. The Balaban J connectivity index is 0.749. The van der Waals surface area contributed by atoms with Gasteiger partial charge in [0.25, 0.3) is 0 Å². The maximum atomic E-state index is 12.6. The van der Waals surface area contributed by atoms with Crippen LogP contribution in [0.5, 0.6) is 0 Å². The molecule has 0 radical (unpaired) electrons. The lowest BCUT2D eigenvalue weighted by molar-refractivity contribution is -0.355. The zero-order valence-electron chi connectivity index (χ0n) is 40.5. The quantitative estimate of drug-likeness (QED) is 0.104. The number of aliphatic hydroxyl groups excluding tert-OH is 7. The van der Waals surface area contributed by atoms with Crippen molar-refractivity contribution in [2.75, 3.05) is 13.2 Å². The Morgan fingerprint density at radius 2 is 1.33 bits per heavy atom. The number of hydrogen-bond donors (Lipinski definition) is 8. The summed E-state index contributed by atoms with van der Waals surface area (Å²) in [6.07, 6.45) is -10.8.